The maximum atomic E-state index is 9.82. The molecule has 1 aromatic heterocycles. The minimum Gasteiger partial charge on any atom is -0.397 e. The molecular formula is C12H18N4O. The van der Waals surface area contributed by atoms with E-state index in [1.165, 1.54) is 6.20 Å². The summed E-state index contributed by atoms with van der Waals surface area (Å²) in [6.07, 6.45) is 1.52. The first-order valence-corrected chi connectivity index (χ1v) is 5.50. The highest BCUT2D eigenvalue weighted by molar-refractivity contribution is 5.58. The SMILES string of the molecule is CCN(CC(C)(C)O)c1ncc(N)cc1C#N. The lowest BCUT2D eigenvalue weighted by Crippen LogP contribution is -2.39. The maximum Gasteiger partial charge on any atom is 0.146 e. The summed E-state index contributed by atoms with van der Waals surface area (Å²) in [4.78, 5) is 6.03. The Hall–Kier alpha value is -1.80. The van der Waals surface area contributed by atoms with Gasteiger partial charge in [-0.05, 0) is 26.8 Å². The van der Waals surface area contributed by atoms with Crippen molar-refractivity contribution in [3.05, 3.63) is 17.8 Å². The molecule has 5 nitrogen and oxygen atoms in total. The minimum absolute atomic E-state index is 0.412. The van der Waals surface area contributed by atoms with E-state index in [2.05, 4.69) is 11.1 Å². The van der Waals surface area contributed by atoms with E-state index >= 15 is 0 Å². The van der Waals surface area contributed by atoms with E-state index in [9.17, 15) is 5.11 Å². The Bertz CT molecular complexity index is 431. The number of nitrogen functional groups attached to an aromatic ring is 1. The van der Waals surface area contributed by atoms with Crippen LogP contribution >= 0.6 is 0 Å². The standard InChI is InChI=1S/C12H18N4O/c1-4-16(8-12(2,3)17)11-9(6-13)5-10(14)7-15-11/h5,7,17H,4,8,14H2,1-3H3. The zero-order valence-corrected chi connectivity index (χ0v) is 10.4. The van der Waals surface area contributed by atoms with Crippen molar-refractivity contribution < 1.29 is 5.11 Å². The number of rotatable bonds is 4. The molecule has 0 saturated carbocycles. The fraction of sp³-hybridized carbons (Fsp3) is 0.500. The van der Waals surface area contributed by atoms with Crippen LogP contribution in [0.3, 0.4) is 0 Å². The summed E-state index contributed by atoms with van der Waals surface area (Å²) >= 11 is 0. The summed E-state index contributed by atoms with van der Waals surface area (Å²) in [6.45, 7) is 6.47. The van der Waals surface area contributed by atoms with Crippen molar-refractivity contribution in [3.63, 3.8) is 0 Å². The Kier molecular flexibility index (Phi) is 3.92. The molecule has 0 amide bonds. The first-order valence-electron chi connectivity index (χ1n) is 5.50. The Morgan fingerprint density at radius 1 is 1.59 bits per heavy atom. The van der Waals surface area contributed by atoms with Gasteiger partial charge in [-0.15, -0.1) is 0 Å². The monoisotopic (exact) mass is 234 g/mol. The Morgan fingerprint density at radius 2 is 2.24 bits per heavy atom. The summed E-state index contributed by atoms with van der Waals surface area (Å²) in [5, 5.41) is 18.9. The molecule has 1 heterocycles. The number of nitriles is 1. The molecule has 0 unspecified atom stereocenters. The Balaban J connectivity index is 3.08. The molecule has 1 rings (SSSR count). The molecule has 0 bridgehead atoms. The quantitative estimate of drug-likeness (QED) is 0.815. The molecule has 0 atom stereocenters. The smallest absolute Gasteiger partial charge is 0.146 e. The van der Waals surface area contributed by atoms with Gasteiger partial charge in [0, 0.05) is 13.1 Å². The first kappa shape index (κ1) is 13.3. The van der Waals surface area contributed by atoms with Crippen LogP contribution in [0.25, 0.3) is 0 Å². The van der Waals surface area contributed by atoms with Crippen LogP contribution in [0.4, 0.5) is 11.5 Å². The fourth-order valence-corrected chi connectivity index (χ4v) is 1.61. The molecular weight excluding hydrogens is 216 g/mol. The van der Waals surface area contributed by atoms with Gasteiger partial charge >= 0.3 is 0 Å². The van der Waals surface area contributed by atoms with E-state index in [0.717, 1.165) is 0 Å². The molecule has 0 aliphatic heterocycles. The van der Waals surface area contributed by atoms with Crippen molar-refractivity contribution in [1.29, 1.82) is 5.26 Å². The number of pyridine rings is 1. The third-order valence-corrected chi connectivity index (χ3v) is 2.27. The molecule has 0 fully saturated rings. The van der Waals surface area contributed by atoms with Crippen LogP contribution in [-0.4, -0.2) is 28.8 Å². The predicted octanol–water partition coefficient (Wildman–Crippen LogP) is 1.13. The highest BCUT2D eigenvalue weighted by Gasteiger charge is 2.20. The number of likely N-dealkylation sites (N-methyl/N-ethyl adjacent to an activating group) is 1. The van der Waals surface area contributed by atoms with Gasteiger partial charge in [0.05, 0.1) is 23.0 Å². The summed E-state index contributed by atoms with van der Waals surface area (Å²) in [5.74, 6) is 0.561. The van der Waals surface area contributed by atoms with E-state index in [1.807, 2.05) is 11.8 Å². The average molecular weight is 234 g/mol. The lowest BCUT2D eigenvalue weighted by Gasteiger charge is -2.29. The van der Waals surface area contributed by atoms with E-state index < -0.39 is 5.60 Å². The van der Waals surface area contributed by atoms with Crippen molar-refractivity contribution in [2.45, 2.75) is 26.4 Å². The van der Waals surface area contributed by atoms with Crippen molar-refractivity contribution in [3.8, 4) is 6.07 Å². The van der Waals surface area contributed by atoms with E-state index in [0.29, 0.717) is 30.2 Å². The number of nitrogens with zero attached hydrogens (tertiary/aromatic N) is 3. The van der Waals surface area contributed by atoms with Gasteiger partial charge < -0.3 is 15.7 Å². The van der Waals surface area contributed by atoms with Gasteiger partial charge in [0.1, 0.15) is 11.9 Å². The highest BCUT2D eigenvalue weighted by Crippen LogP contribution is 2.20. The third-order valence-electron chi connectivity index (χ3n) is 2.27. The summed E-state index contributed by atoms with van der Waals surface area (Å²) in [7, 11) is 0. The van der Waals surface area contributed by atoms with Gasteiger partial charge in [0.25, 0.3) is 0 Å². The molecule has 0 radical (unpaired) electrons. The van der Waals surface area contributed by atoms with Gasteiger partial charge in [-0.1, -0.05) is 0 Å². The summed E-state index contributed by atoms with van der Waals surface area (Å²) in [6, 6.07) is 3.66. The average Bonchev–Trinajstić information content (AvgIpc) is 2.24. The number of aromatic nitrogens is 1. The zero-order chi connectivity index (χ0) is 13.1. The number of anilines is 2. The summed E-state index contributed by atoms with van der Waals surface area (Å²) < 4.78 is 0. The van der Waals surface area contributed by atoms with Crippen LogP contribution in [0, 0.1) is 11.3 Å². The van der Waals surface area contributed by atoms with Crippen LogP contribution in [0.2, 0.25) is 0 Å². The van der Waals surface area contributed by atoms with Gasteiger partial charge in [-0.3, -0.25) is 0 Å². The van der Waals surface area contributed by atoms with Crippen molar-refractivity contribution >= 4 is 11.5 Å². The molecule has 92 valence electrons. The second kappa shape index (κ2) is 5.02. The first-order chi connectivity index (χ1) is 7.87. The minimum atomic E-state index is -0.841. The number of hydrogen-bond donors (Lipinski definition) is 2. The molecule has 0 aliphatic rings. The van der Waals surface area contributed by atoms with Crippen LogP contribution in [0.15, 0.2) is 12.3 Å². The Labute approximate surface area is 101 Å². The largest absolute Gasteiger partial charge is 0.397 e. The van der Waals surface area contributed by atoms with Gasteiger partial charge in [0.2, 0.25) is 0 Å². The molecule has 0 aliphatic carbocycles. The van der Waals surface area contributed by atoms with Crippen molar-refractivity contribution in [1.82, 2.24) is 4.98 Å². The number of hydrogen-bond acceptors (Lipinski definition) is 5. The number of nitrogens with two attached hydrogens (primary N) is 1. The second-order valence-electron chi connectivity index (χ2n) is 4.58. The van der Waals surface area contributed by atoms with Crippen molar-refractivity contribution in [2.24, 2.45) is 0 Å². The van der Waals surface area contributed by atoms with Crippen LogP contribution in [0.1, 0.15) is 26.3 Å². The Morgan fingerprint density at radius 3 is 2.71 bits per heavy atom. The lowest BCUT2D eigenvalue weighted by atomic mass is 10.1. The van der Waals surface area contributed by atoms with Gasteiger partial charge in [-0.2, -0.15) is 5.26 Å². The van der Waals surface area contributed by atoms with Gasteiger partial charge in [0.15, 0.2) is 0 Å². The predicted molar refractivity (Wildman–Crippen MR) is 67.5 cm³/mol. The van der Waals surface area contributed by atoms with E-state index in [4.69, 9.17) is 11.0 Å². The summed E-state index contributed by atoms with van der Waals surface area (Å²) in [5.41, 5.74) is 5.64. The molecule has 17 heavy (non-hydrogen) atoms. The maximum absolute atomic E-state index is 9.82. The normalized spacial score (nSPS) is 11.0. The van der Waals surface area contributed by atoms with Crippen molar-refractivity contribution in [2.75, 3.05) is 23.7 Å². The van der Waals surface area contributed by atoms with Crippen LogP contribution < -0.4 is 10.6 Å². The lowest BCUT2D eigenvalue weighted by molar-refractivity contribution is 0.0874. The third kappa shape index (κ3) is 3.61. The zero-order valence-electron chi connectivity index (χ0n) is 10.4. The van der Waals surface area contributed by atoms with E-state index in [1.54, 1.807) is 19.9 Å². The van der Waals surface area contributed by atoms with Gasteiger partial charge in [-0.25, -0.2) is 4.98 Å². The van der Waals surface area contributed by atoms with E-state index in [-0.39, 0.29) is 0 Å². The molecule has 3 N–H and O–H groups in total. The molecule has 5 heteroatoms. The molecule has 1 aromatic rings. The van der Waals surface area contributed by atoms with Crippen LogP contribution in [-0.2, 0) is 0 Å². The highest BCUT2D eigenvalue weighted by atomic mass is 16.3. The topological polar surface area (TPSA) is 86.2 Å². The van der Waals surface area contributed by atoms with Crippen LogP contribution in [0.5, 0.6) is 0 Å². The molecule has 0 spiro atoms. The molecule has 0 saturated heterocycles. The molecule has 0 aromatic carbocycles. The second-order valence-corrected chi connectivity index (χ2v) is 4.58. The fourth-order valence-electron chi connectivity index (χ4n) is 1.61. The number of aliphatic hydroxyl groups is 1.